The maximum absolute atomic E-state index is 12.2. The molecule has 2 rings (SSSR count). The van der Waals surface area contributed by atoms with Gasteiger partial charge in [-0.05, 0) is 55.5 Å². The van der Waals surface area contributed by atoms with Crippen molar-refractivity contribution >= 4 is 45.2 Å². The van der Waals surface area contributed by atoms with Crippen LogP contribution in [0.3, 0.4) is 0 Å². The van der Waals surface area contributed by atoms with Crippen LogP contribution < -0.4 is 11.1 Å². The van der Waals surface area contributed by atoms with Gasteiger partial charge in [-0.15, -0.1) is 11.8 Å². The quantitative estimate of drug-likeness (QED) is 0.779. The van der Waals surface area contributed by atoms with E-state index in [0.29, 0.717) is 11.3 Å². The van der Waals surface area contributed by atoms with Crippen molar-refractivity contribution in [2.45, 2.75) is 17.1 Å². The molecule has 0 aliphatic carbocycles. The maximum atomic E-state index is 12.2. The number of rotatable bonds is 5. The van der Waals surface area contributed by atoms with Crippen LogP contribution in [0.5, 0.6) is 0 Å². The number of hydrogen-bond acceptors (Lipinski definition) is 3. The van der Waals surface area contributed by atoms with Crippen molar-refractivity contribution in [1.29, 1.82) is 0 Å². The second kappa shape index (κ2) is 7.47. The van der Waals surface area contributed by atoms with Crippen molar-refractivity contribution in [3.05, 3.63) is 58.6 Å². The second-order valence-electron chi connectivity index (χ2n) is 4.64. The second-order valence-corrected chi connectivity index (χ2v) is 6.97. The molecule has 2 amide bonds. The van der Waals surface area contributed by atoms with Crippen LogP contribution in [0.15, 0.2) is 57.9 Å². The minimum atomic E-state index is -0.489. The molecule has 0 saturated heterocycles. The zero-order chi connectivity index (χ0) is 16.1. The highest BCUT2D eigenvalue weighted by Crippen LogP contribution is 2.25. The molecule has 1 atom stereocenters. The Morgan fingerprint density at radius 1 is 1.09 bits per heavy atom. The predicted octanol–water partition coefficient (Wildman–Crippen LogP) is 3.67. The Morgan fingerprint density at radius 3 is 2.23 bits per heavy atom. The zero-order valence-corrected chi connectivity index (χ0v) is 14.3. The summed E-state index contributed by atoms with van der Waals surface area (Å²) in [4.78, 5) is 24.2. The number of nitrogens with one attached hydrogen (secondary N) is 1. The lowest BCUT2D eigenvalue weighted by Gasteiger charge is -2.12. The van der Waals surface area contributed by atoms with Crippen molar-refractivity contribution in [3.63, 3.8) is 0 Å². The van der Waals surface area contributed by atoms with Gasteiger partial charge < -0.3 is 11.1 Å². The van der Waals surface area contributed by atoms with Crippen molar-refractivity contribution in [3.8, 4) is 0 Å². The molecule has 0 unspecified atom stereocenters. The number of hydrogen-bond donors (Lipinski definition) is 2. The van der Waals surface area contributed by atoms with Gasteiger partial charge in [-0.25, -0.2) is 0 Å². The number of halogens is 1. The van der Waals surface area contributed by atoms with Gasteiger partial charge in [-0.3, -0.25) is 9.59 Å². The fraction of sp³-hybridized carbons (Fsp3) is 0.125. The molecule has 0 saturated carbocycles. The molecule has 0 heterocycles. The standard InChI is InChI=1S/C16H15BrN2O2S/c1-10(22-14-8-4-12(17)5-9-14)16(21)19-13-6-2-11(3-7-13)15(18)20/h2-10H,1H3,(H2,18,20)(H,19,21)/t10-/m1/s1. The summed E-state index contributed by atoms with van der Waals surface area (Å²) in [6.45, 7) is 1.85. The topological polar surface area (TPSA) is 72.2 Å². The molecule has 0 aromatic heterocycles. The fourth-order valence-corrected chi connectivity index (χ4v) is 2.86. The van der Waals surface area contributed by atoms with E-state index < -0.39 is 5.91 Å². The normalized spacial score (nSPS) is 11.7. The molecule has 0 aliphatic rings. The molecule has 2 aromatic carbocycles. The summed E-state index contributed by atoms with van der Waals surface area (Å²) in [6.07, 6.45) is 0. The van der Waals surface area contributed by atoms with Gasteiger partial charge in [0, 0.05) is 20.6 Å². The largest absolute Gasteiger partial charge is 0.366 e. The summed E-state index contributed by atoms with van der Waals surface area (Å²) in [7, 11) is 0. The van der Waals surface area contributed by atoms with Crippen LogP contribution in [-0.4, -0.2) is 17.1 Å². The van der Waals surface area contributed by atoms with E-state index in [1.165, 1.54) is 11.8 Å². The van der Waals surface area contributed by atoms with Crippen LogP contribution in [0.2, 0.25) is 0 Å². The number of anilines is 1. The van der Waals surface area contributed by atoms with E-state index in [4.69, 9.17) is 5.73 Å². The number of amides is 2. The third-order valence-corrected chi connectivity index (χ3v) is 4.57. The summed E-state index contributed by atoms with van der Waals surface area (Å²) < 4.78 is 1.00. The first kappa shape index (κ1) is 16.6. The molecule has 0 fully saturated rings. The zero-order valence-electron chi connectivity index (χ0n) is 11.9. The Hall–Kier alpha value is -1.79. The first-order chi connectivity index (χ1) is 10.5. The molecule has 6 heteroatoms. The van der Waals surface area contributed by atoms with Crippen molar-refractivity contribution in [2.75, 3.05) is 5.32 Å². The van der Waals surface area contributed by atoms with Gasteiger partial charge in [0.05, 0.1) is 5.25 Å². The third-order valence-electron chi connectivity index (χ3n) is 2.93. The Labute approximate surface area is 141 Å². The highest BCUT2D eigenvalue weighted by Gasteiger charge is 2.14. The first-order valence-corrected chi connectivity index (χ1v) is 8.26. The van der Waals surface area contributed by atoms with E-state index in [0.717, 1.165) is 9.37 Å². The van der Waals surface area contributed by atoms with Crippen LogP contribution >= 0.6 is 27.7 Å². The smallest absolute Gasteiger partial charge is 0.248 e. The van der Waals surface area contributed by atoms with Crippen LogP contribution in [0.4, 0.5) is 5.69 Å². The van der Waals surface area contributed by atoms with Gasteiger partial charge in [0.15, 0.2) is 0 Å². The fourth-order valence-electron chi connectivity index (χ4n) is 1.73. The summed E-state index contributed by atoms with van der Waals surface area (Å²) >= 11 is 4.86. The van der Waals surface area contributed by atoms with Crippen LogP contribution in [0, 0.1) is 0 Å². The lowest BCUT2D eigenvalue weighted by molar-refractivity contribution is -0.115. The Balaban J connectivity index is 1.95. The number of nitrogens with two attached hydrogens (primary N) is 1. The highest BCUT2D eigenvalue weighted by atomic mass is 79.9. The summed E-state index contributed by atoms with van der Waals surface area (Å²) in [5, 5.41) is 2.58. The number of thioether (sulfide) groups is 1. The number of carbonyl (C=O) groups is 2. The molecule has 114 valence electrons. The maximum Gasteiger partial charge on any atom is 0.248 e. The summed E-state index contributed by atoms with van der Waals surface area (Å²) in [5.41, 5.74) is 6.23. The number of carbonyl (C=O) groups excluding carboxylic acids is 2. The van der Waals surface area contributed by atoms with Crippen molar-refractivity contribution in [1.82, 2.24) is 0 Å². The van der Waals surface area contributed by atoms with Crippen LogP contribution in [0.25, 0.3) is 0 Å². The first-order valence-electron chi connectivity index (χ1n) is 6.58. The van der Waals surface area contributed by atoms with Gasteiger partial charge in [0.1, 0.15) is 0 Å². The van der Waals surface area contributed by atoms with E-state index in [9.17, 15) is 9.59 Å². The SMILES string of the molecule is C[C@@H](Sc1ccc(Br)cc1)C(=O)Nc1ccc(C(N)=O)cc1. The van der Waals surface area contributed by atoms with Gasteiger partial charge in [0.2, 0.25) is 11.8 Å². The minimum absolute atomic E-state index is 0.0975. The number of benzene rings is 2. The summed E-state index contributed by atoms with van der Waals surface area (Å²) in [6, 6.07) is 14.3. The van der Waals surface area contributed by atoms with Crippen LogP contribution in [0.1, 0.15) is 17.3 Å². The lowest BCUT2D eigenvalue weighted by atomic mass is 10.2. The summed E-state index contributed by atoms with van der Waals surface area (Å²) in [5.74, 6) is -0.586. The van der Waals surface area contributed by atoms with Crippen molar-refractivity contribution < 1.29 is 9.59 Å². The Kier molecular flexibility index (Phi) is 5.63. The average Bonchev–Trinajstić information content (AvgIpc) is 2.50. The number of primary amides is 1. The molecular weight excluding hydrogens is 364 g/mol. The molecule has 0 spiro atoms. The van der Waals surface area contributed by atoms with Gasteiger partial charge in [-0.1, -0.05) is 15.9 Å². The average molecular weight is 379 g/mol. The minimum Gasteiger partial charge on any atom is -0.366 e. The molecule has 0 bridgehead atoms. The van der Waals surface area contributed by atoms with Crippen LogP contribution in [-0.2, 0) is 4.79 Å². The lowest BCUT2D eigenvalue weighted by Crippen LogP contribution is -2.22. The third kappa shape index (κ3) is 4.61. The monoisotopic (exact) mass is 378 g/mol. The van der Waals surface area contributed by atoms with Gasteiger partial charge >= 0.3 is 0 Å². The van der Waals surface area contributed by atoms with Crippen molar-refractivity contribution in [2.24, 2.45) is 5.73 Å². The molecule has 0 aliphatic heterocycles. The Morgan fingerprint density at radius 2 is 1.68 bits per heavy atom. The van der Waals surface area contributed by atoms with E-state index in [2.05, 4.69) is 21.2 Å². The molecule has 22 heavy (non-hydrogen) atoms. The Bertz CT molecular complexity index is 672. The van der Waals surface area contributed by atoms with Gasteiger partial charge in [0.25, 0.3) is 0 Å². The van der Waals surface area contributed by atoms with E-state index >= 15 is 0 Å². The van der Waals surface area contributed by atoms with Gasteiger partial charge in [-0.2, -0.15) is 0 Å². The van der Waals surface area contributed by atoms with E-state index in [1.807, 2.05) is 31.2 Å². The predicted molar refractivity (Wildman–Crippen MR) is 93.1 cm³/mol. The molecule has 0 radical (unpaired) electrons. The molecule has 2 aromatic rings. The molecule has 4 nitrogen and oxygen atoms in total. The van der Waals surface area contributed by atoms with E-state index in [1.54, 1.807) is 24.3 Å². The highest BCUT2D eigenvalue weighted by molar-refractivity contribution is 9.10. The molecular formula is C16H15BrN2O2S. The molecule has 3 N–H and O–H groups in total. The van der Waals surface area contributed by atoms with E-state index in [-0.39, 0.29) is 11.2 Å².